The quantitative estimate of drug-likeness (QED) is 0.442. The van der Waals surface area contributed by atoms with Crippen molar-refractivity contribution in [1.82, 2.24) is 19.6 Å². The first kappa shape index (κ1) is 23.8. The van der Waals surface area contributed by atoms with E-state index in [-0.39, 0.29) is 11.3 Å². The fourth-order valence-electron chi connectivity index (χ4n) is 5.15. The molecule has 0 saturated heterocycles. The van der Waals surface area contributed by atoms with E-state index in [1.165, 1.54) is 16.8 Å². The maximum absolute atomic E-state index is 13.7. The van der Waals surface area contributed by atoms with Crippen LogP contribution in [0.3, 0.4) is 0 Å². The van der Waals surface area contributed by atoms with E-state index >= 15 is 0 Å². The second-order valence-corrected chi connectivity index (χ2v) is 11.1. The number of benzene rings is 2. The first-order chi connectivity index (χ1) is 16.8. The molecule has 1 aliphatic carbocycles. The van der Waals surface area contributed by atoms with Gasteiger partial charge < -0.3 is 4.90 Å². The lowest BCUT2D eigenvalue weighted by Crippen LogP contribution is -2.35. The predicted octanol–water partition coefficient (Wildman–Crippen LogP) is 5.74. The fourth-order valence-corrected chi connectivity index (χ4v) is 5.15. The van der Waals surface area contributed by atoms with Crippen LogP contribution in [0.4, 0.5) is 0 Å². The summed E-state index contributed by atoms with van der Waals surface area (Å²) in [5.41, 5.74) is 6.86. The number of hydrogen-bond donors (Lipinski definition) is 0. The molecule has 1 fully saturated rings. The SMILES string of the molecule is CCCN1CCc2c(c(CN(C(=O)c3ccc(C(C)(C)C)cc3)C3CC3)nn2-c2ccccc2)C1. The van der Waals surface area contributed by atoms with Crippen molar-refractivity contribution in [2.75, 3.05) is 13.1 Å². The van der Waals surface area contributed by atoms with E-state index in [0.29, 0.717) is 12.6 Å². The molecule has 2 aliphatic rings. The monoisotopic (exact) mass is 470 g/mol. The summed E-state index contributed by atoms with van der Waals surface area (Å²) >= 11 is 0. The highest BCUT2D eigenvalue weighted by Gasteiger charge is 2.35. The van der Waals surface area contributed by atoms with Crippen LogP contribution in [-0.4, -0.2) is 44.6 Å². The molecular formula is C30H38N4O. The number of carbonyl (C=O) groups is 1. The lowest BCUT2D eigenvalue weighted by molar-refractivity contribution is 0.0726. The van der Waals surface area contributed by atoms with Gasteiger partial charge in [0, 0.05) is 36.7 Å². The highest BCUT2D eigenvalue weighted by atomic mass is 16.2. The Bertz CT molecular complexity index is 1170. The van der Waals surface area contributed by atoms with Crippen molar-refractivity contribution in [2.45, 2.75) is 77.9 Å². The van der Waals surface area contributed by atoms with Crippen LogP contribution in [0.5, 0.6) is 0 Å². The van der Waals surface area contributed by atoms with Crippen LogP contribution < -0.4 is 0 Å². The minimum Gasteiger partial charge on any atom is -0.330 e. The maximum Gasteiger partial charge on any atom is 0.254 e. The number of para-hydroxylation sites is 1. The van der Waals surface area contributed by atoms with Crippen molar-refractivity contribution in [2.24, 2.45) is 0 Å². The van der Waals surface area contributed by atoms with Gasteiger partial charge in [0.1, 0.15) is 0 Å². The lowest BCUT2D eigenvalue weighted by Gasteiger charge is -2.28. The Hall–Kier alpha value is -2.92. The van der Waals surface area contributed by atoms with Gasteiger partial charge in [-0.15, -0.1) is 0 Å². The van der Waals surface area contributed by atoms with Gasteiger partial charge >= 0.3 is 0 Å². The summed E-state index contributed by atoms with van der Waals surface area (Å²) in [5, 5.41) is 5.13. The van der Waals surface area contributed by atoms with Crippen molar-refractivity contribution in [1.29, 1.82) is 0 Å². The van der Waals surface area contributed by atoms with E-state index in [9.17, 15) is 4.79 Å². The molecule has 5 rings (SSSR count). The van der Waals surface area contributed by atoms with Gasteiger partial charge in [0.25, 0.3) is 5.91 Å². The molecule has 0 radical (unpaired) electrons. The molecule has 1 saturated carbocycles. The molecule has 0 atom stereocenters. The Kier molecular flexibility index (Phi) is 6.54. The number of fused-ring (bicyclic) bond motifs is 1. The van der Waals surface area contributed by atoms with Gasteiger partial charge in [0.05, 0.1) is 23.6 Å². The van der Waals surface area contributed by atoms with E-state index in [2.05, 4.69) is 78.6 Å². The molecule has 1 aromatic heterocycles. The summed E-state index contributed by atoms with van der Waals surface area (Å²) in [5.74, 6) is 0.122. The summed E-state index contributed by atoms with van der Waals surface area (Å²) in [4.78, 5) is 18.3. The molecule has 5 heteroatoms. The van der Waals surface area contributed by atoms with Gasteiger partial charge in [-0.2, -0.15) is 5.10 Å². The van der Waals surface area contributed by atoms with E-state index in [1.54, 1.807) is 0 Å². The Balaban J connectivity index is 1.46. The van der Waals surface area contributed by atoms with Crippen molar-refractivity contribution >= 4 is 5.91 Å². The van der Waals surface area contributed by atoms with Crippen LogP contribution in [0.15, 0.2) is 54.6 Å². The minimum atomic E-state index is 0.0749. The number of amides is 1. The largest absolute Gasteiger partial charge is 0.330 e. The van der Waals surface area contributed by atoms with Crippen LogP contribution >= 0.6 is 0 Å². The average molecular weight is 471 g/mol. The molecular weight excluding hydrogens is 432 g/mol. The summed E-state index contributed by atoms with van der Waals surface area (Å²) in [6.07, 6.45) is 4.29. The van der Waals surface area contributed by atoms with Gasteiger partial charge in [0.15, 0.2) is 0 Å². The summed E-state index contributed by atoms with van der Waals surface area (Å²) in [6.45, 7) is 12.5. The number of rotatable bonds is 7. The van der Waals surface area contributed by atoms with Crippen LogP contribution in [0.2, 0.25) is 0 Å². The van der Waals surface area contributed by atoms with Gasteiger partial charge in [0.2, 0.25) is 0 Å². The Morgan fingerprint density at radius 2 is 1.77 bits per heavy atom. The van der Waals surface area contributed by atoms with E-state index < -0.39 is 0 Å². The average Bonchev–Trinajstić information content (AvgIpc) is 3.64. The third-order valence-electron chi connectivity index (χ3n) is 7.33. The Labute approximate surface area is 209 Å². The zero-order valence-corrected chi connectivity index (χ0v) is 21.6. The van der Waals surface area contributed by atoms with E-state index in [1.807, 2.05) is 18.2 Å². The van der Waals surface area contributed by atoms with Crippen molar-refractivity contribution in [3.05, 3.63) is 82.7 Å². The minimum absolute atomic E-state index is 0.0749. The number of hydrogen-bond acceptors (Lipinski definition) is 3. The first-order valence-corrected chi connectivity index (χ1v) is 13.1. The third-order valence-corrected chi connectivity index (χ3v) is 7.33. The predicted molar refractivity (Wildman–Crippen MR) is 141 cm³/mol. The van der Waals surface area contributed by atoms with Crippen LogP contribution in [0.25, 0.3) is 5.69 Å². The molecule has 184 valence electrons. The van der Waals surface area contributed by atoms with Gasteiger partial charge in [-0.3, -0.25) is 9.69 Å². The molecule has 2 heterocycles. The smallest absolute Gasteiger partial charge is 0.254 e. The summed E-state index contributed by atoms with van der Waals surface area (Å²) in [7, 11) is 0. The topological polar surface area (TPSA) is 41.4 Å². The van der Waals surface area contributed by atoms with Crippen molar-refractivity contribution in [3.63, 3.8) is 0 Å². The molecule has 0 bridgehead atoms. The Morgan fingerprint density at radius 1 is 1.06 bits per heavy atom. The standard InChI is InChI=1S/C30H38N4O/c1-5-18-32-19-17-28-26(20-32)27(31-34(28)25-9-7-6-8-10-25)21-33(24-15-16-24)29(35)22-11-13-23(14-12-22)30(2,3)4/h6-14,24H,5,15-21H2,1-4H3. The molecule has 2 aromatic carbocycles. The highest BCUT2D eigenvalue weighted by Crippen LogP contribution is 2.33. The number of carbonyl (C=O) groups excluding carboxylic acids is 1. The lowest BCUT2D eigenvalue weighted by atomic mass is 9.86. The summed E-state index contributed by atoms with van der Waals surface area (Å²) in [6, 6.07) is 18.9. The third kappa shape index (κ3) is 5.06. The summed E-state index contributed by atoms with van der Waals surface area (Å²) < 4.78 is 2.13. The molecule has 0 spiro atoms. The van der Waals surface area contributed by atoms with Crippen LogP contribution in [0, 0.1) is 0 Å². The molecule has 0 unspecified atom stereocenters. The van der Waals surface area contributed by atoms with Crippen LogP contribution in [-0.2, 0) is 24.9 Å². The molecule has 1 aliphatic heterocycles. The zero-order chi connectivity index (χ0) is 24.6. The van der Waals surface area contributed by atoms with Gasteiger partial charge in [-0.25, -0.2) is 4.68 Å². The number of nitrogens with zero attached hydrogens (tertiary/aromatic N) is 4. The zero-order valence-electron chi connectivity index (χ0n) is 21.6. The molecule has 0 N–H and O–H groups in total. The second-order valence-electron chi connectivity index (χ2n) is 11.1. The van der Waals surface area contributed by atoms with E-state index in [0.717, 1.165) is 62.3 Å². The fraction of sp³-hybridized carbons (Fsp3) is 0.467. The normalized spacial score (nSPS) is 16.2. The molecule has 5 nitrogen and oxygen atoms in total. The highest BCUT2D eigenvalue weighted by molar-refractivity contribution is 5.94. The molecule has 1 amide bonds. The van der Waals surface area contributed by atoms with Crippen LogP contribution in [0.1, 0.15) is 79.8 Å². The second kappa shape index (κ2) is 9.62. The maximum atomic E-state index is 13.7. The first-order valence-electron chi connectivity index (χ1n) is 13.1. The van der Waals surface area contributed by atoms with Crippen molar-refractivity contribution < 1.29 is 4.79 Å². The molecule has 35 heavy (non-hydrogen) atoms. The molecule has 3 aromatic rings. The Morgan fingerprint density at radius 3 is 2.40 bits per heavy atom. The van der Waals surface area contributed by atoms with E-state index in [4.69, 9.17) is 5.10 Å². The number of aromatic nitrogens is 2. The van der Waals surface area contributed by atoms with Gasteiger partial charge in [-0.1, -0.05) is 58.0 Å². The van der Waals surface area contributed by atoms with Gasteiger partial charge in [-0.05, 0) is 61.1 Å². The van der Waals surface area contributed by atoms with Crippen molar-refractivity contribution in [3.8, 4) is 5.69 Å².